The second-order valence-corrected chi connectivity index (χ2v) is 3.83. The van der Waals surface area contributed by atoms with Gasteiger partial charge in [0, 0.05) is 18.3 Å². The van der Waals surface area contributed by atoms with Crippen LogP contribution in [0.4, 0.5) is 0 Å². The smallest absolute Gasteiger partial charge is 0.123 e. The molecule has 0 spiro atoms. The Hall–Kier alpha value is -0.870. The van der Waals surface area contributed by atoms with Gasteiger partial charge >= 0.3 is 0 Å². The number of nitrogens with one attached hydrogen (secondary N) is 2. The number of hydrogen-bond acceptors (Lipinski definition) is 3. The van der Waals surface area contributed by atoms with Crippen LogP contribution in [0.25, 0.3) is 0 Å². The average Bonchev–Trinajstić information content (AvgIpc) is 2.68. The summed E-state index contributed by atoms with van der Waals surface area (Å²) >= 11 is 0. The summed E-state index contributed by atoms with van der Waals surface area (Å²) in [5.41, 5.74) is 6.63. The van der Waals surface area contributed by atoms with E-state index in [-0.39, 0.29) is 0 Å². The predicted octanol–water partition coefficient (Wildman–Crippen LogP) is 0.725. The number of nitrogens with zero attached hydrogens (tertiary/aromatic N) is 1. The van der Waals surface area contributed by atoms with E-state index in [0.29, 0.717) is 12.6 Å². The maximum atomic E-state index is 5.48. The van der Waals surface area contributed by atoms with Gasteiger partial charge in [0.2, 0.25) is 0 Å². The highest BCUT2D eigenvalue weighted by Crippen LogP contribution is 2.20. The van der Waals surface area contributed by atoms with Crippen molar-refractivity contribution in [2.75, 3.05) is 13.1 Å². The molecule has 0 amide bonds. The molecule has 0 aromatic carbocycles. The van der Waals surface area contributed by atoms with Gasteiger partial charge in [-0.3, -0.25) is 0 Å². The molecule has 1 atom stereocenters. The number of piperidine rings is 1. The average molecular weight is 194 g/mol. The second kappa shape index (κ2) is 4.57. The van der Waals surface area contributed by atoms with Crippen LogP contribution in [0.3, 0.4) is 0 Å². The summed E-state index contributed by atoms with van der Waals surface area (Å²) in [6.07, 6.45) is 6.56. The lowest BCUT2D eigenvalue weighted by Crippen LogP contribution is -2.27. The van der Waals surface area contributed by atoms with Crippen molar-refractivity contribution in [3.05, 3.63) is 17.7 Å². The fourth-order valence-electron chi connectivity index (χ4n) is 1.92. The summed E-state index contributed by atoms with van der Waals surface area (Å²) in [4.78, 5) is 7.72. The van der Waals surface area contributed by atoms with E-state index in [1.807, 2.05) is 6.20 Å². The van der Waals surface area contributed by atoms with Crippen LogP contribution >= 0.6 is 0 Å². The normalized spacial score (nSPS) is 22.5. The Morgan fingerprint density at radius 1 is 1.50 bits per heavy atom. The minimum absolute atomic E-state index is 0.426. The van der Waals surface area contributed by atoms with Gasteiger partial charge in [0.15, 0.2) is 0 Å². The molecule has 4 heteroatoms. The Balaban J connectivity index is 2.00. The summed E-state index contributed by atoms with van der Waals surface area (Å²) in [6, 6.07) is 0.426. The number of rotatable bonds is 3. The van der Waals surface area contributed by atoms with Gasteiger partial charge in [0.1, 0.15) is 5.82 Å². The fraction of sp³-hybridized carbons (Fsp3) is 0.700. The predicted molar refractivity (Wildman–Crippen MR) is 55.9 cm³/mol. The quantitative estimate of drug-likeness (QED) is 0.664. The third-order valence-corrected chi connectivity index (χ3v) is 2.70. The number of H-pyrrole nitrogens is 1. The van der Waals surface area contributed by atoms with Gasteiger partial charge in [-0.2, -0.15) is 0 Å². The Bertz CT molecular complexity index is 275. The van der Waals surface area contributed by atoms with Crippen molar-refractivity contribution < 1.29 is 0 Å². The van der Waals surface area contributed by atoms with E-state index in [1.54, 1.807) is 0 Å². The molecule has 0 aliphatic carbocycles. The maximum Gasteiger partial charge on any atom is 0.123 e. The van der Waals surface area contributed by atoms with Gasteiger partial charge in [0.25, 0.3) is 0 Å². The molecule has 1 aromatic rings. The molecule has 0 saturated carbocycles. The molecule has 2 rings (SSSR count). The Morgan fingerprint density at radius 3 is 3.14 bits per heavy atom. The first-order chi connectivity index (χ1) is 6.90. The highest BCUT2D eigenvalue weighted by atomic mass is 15.0. The largest absolute Gasteiger partial charge is 0.345 e. The summed E-state index contributed by atoms with van der Waals surface area (Å²) in [5, 5.41) is 3.47. The van der Waals surface area contributed by atoms with Gasteiger partial charge in [-0.15, -0.1) is 0 Å². The number of aromatic nitrogens is 2. The van der Waals surface area contributed by atoms with Crippen LogP contribution in [0.5, 0.6) is 0 Å². The molecule has 4 N–H and O–H groups in total. The molecule has 1 fully saturated rings. The zero-order valence-electron chi connectivity index (χ0n) is 8.42. The monoisotopic (exact) mass is 194 g/mol. The van der Waals surface area contributed by atoms with Crippen LogP contribution < -0.4 is 11.1 Å². The van der Waals surface area contributed by atoms with Crippen molar-refractivity contribution in [3.8, 4) is 0 Å². The van der Waals surface area contributed by atoms with E-state index in [9.17, 15) is 0 Å². The van der Waals surface area contributed by atoms with Crippen LogP contribution in [-0.2, 0) is 6.42 Å². The van der Waals surface area contributed by atoms with E-state index in [1.165, 1.54) is 19.3 Å². The van der Waals surface area contributed by atoms with E-state index < -0.39 is 0 Å². The molecule has 1 aliphatic rings. The Labute approximate surface area is 84.3 Å². The number of hydrogen-bond donors (Lipinski definition) is 3. The third-order valence-electron chi connectivity index (χ3n) is 2.70. The van der Waals surface area contributed by atoms with Crippen LogP contribution in [0, 0.1) is 0 Å². The Kier molecular flexibility index (Phi) is 3.16. The second-order valence-electron chi connectivity index (χ2n) is 3.83. The van der Waals surface area contributed by atoms with E-state index >= 15 is 0 Å². The van der Waals surface area contributed by atoms with Gasteiger partial charge in [-0.05, 0) is 25.9 Å². The molecule has 4 nitrogen and oxygen atoms in total. The van der Waals surface area contributed by atoms with Crippen molar-refractivity contribution in [2.45, 2.75) is 31.7 Å². The minimum atomic E-state index is 0.426. The first kappa shape index (κ1) is 9.68. The summed E-state index contributed by atoms with van der Waals surface area (Å²) < 4.78 is 0. The zero-order valence-corrected chi connectivity index (χ0v) is 8.42. The SMILES string of the molecule is NCCc1cnc(C2CCCCN2)[nH]1. The summed E-state index contributed by atoms with van der Waals surface area (Å²) in [7, 11) is 0. The van der Waals surface area contributed by atoms with Crippen molar-refractivity contribution in [1.82, 2.24) is 15.3 Å². The van der Waals surface area contributed by atoms with E-state index in [0.717, 1.165) is 24.5 Å². The van der Waals surface area contributed by atoms with Crippen LogP contribution in [-0.4, -0.2) is 23.1 Å². The molecule has 0 bridgehead atoms. The first-order valence-corrected chi connectivity index (χ1v) is 5.37. The summed E-state index contributed by atoms with van der Waals surface area (Å²) in [6.45, 7) is 1.79. The maximum absolute atomic E-state index is 5.48. The molecular weight excluding hydrogens is 176 g/mol. The van der Waals surface area contributed by atoms with Crippen LogP contribution in [0.1, 0.15) is 36.8 Å². The lowest BCUT2D eigenvalue weighted by Gasteiger charge is -2.21. The highest BCUT2D eigenvalue weighted by molar-refractivity contribution is 5.05. The van der Waals surface area contributed by atoms with Crippen molar-refractivity contribution in [2.24, 2.45) is 5.73 Å². The molecule has 14 heavy (non-hydrogen) atoms. The molecule has 78 valence electrons. The molecule has 1 aliphatic heterocycles. The van der Waals surface area contributed by atoms with Gasteiger partial charge in [-0.25, -0.2) is 4.98 Å². The number of imidazole rings is 1. The highest BCUT2D eigenvalue weighted by Gasteiger charge is 2.16. The number of aromatic amines is 1. The first-order valence-electron chi connectivity index (χ1n) is 5.37. The van der Waals surface area contributed by atoms with Crippen molar-refractivity contribution >= 4 is 0 Å². The molecular formula is C10H18N4. The van der Waals surface area contributed by atoms with Crippen LogP contribution in [0.15, 0.2) is 6.20 Å². The van der Waals surface area contributed by atoms with Crippen molar-refractivity contribution in [1.29, 1.82) is 0 Å². The van der Waals surface area contributed by atoms with Gasteiger partial charge in [0.05, 0.1) is 6.04 Å². The van der Waals surface area contributed by atoms with Crippen LogP contribution in [0.2, 0.25) is 0 Å². The molecule has 2 heterocycles. The molecule has 1 unspecified atom stereocenters. The fourth-order valence-corrected chi connectivity index (χ4v) is 1.92. The standard InChI is InChI=1S/C10H18N4/c11-5-4-8-7-13-10(14-8)9-3-1-2-6-12-9/h7,9,12H,1-6,11H2,(H,13,14). The Morgan fingerprint density at radius 2 is 2.43 bits per heavy atom. The summed E-state index contributed by atoms with van der Waals surface area (Å²) in [5.74, 6) is 1.08. The molecule has 1 aromatic heterocycles. The molecule has 0 radical (unpaired) electrons. The van der Waals surface area contributed by atoms with Gasteiger partial charge in [-0.1, -0.05) is 6.42 Å². The topological polar surface area (TPSA) is 66.7 Å². The van der Waals surface area contributed by atoms with Crippen molar-refractivity contribution in [3.63, 3.8) is 0 Å². The minimum Gasteiger partial charge on any atom is -0.345 e. The van der Waals surface area contributed by atoms with E-state index in [2.05, 4.69) is 15.3 Å². The van der Waals surface area contributed by atoms with Gasteiger partial charge < -0.3 is 16.0 Å². The number of nitrogens with two attached hydrogens (primary N) is 1. The third kappa shape index (κ3) is 2.13. The zero-order chi connectivity index (χ0) is 9.80. The molecule has 1 saturated heterocycles. The lowest BCUT2D eigenvalue weighted by molar-refractivity contribution is 0.399. The lowest BCUT2D eigenvalue weighted by atomic mass is 10.0. The van der Waals surface area contributed by atoms with E-state index in [4.69, 9.17) is 5.73 Å².